The number of rotatable bonds is 5. The van der Waals surface area contributed by atoms with Gasteiger partial charge in [-0.1, -0.05) is 6.92 Å². The first kappa shape index (κ1) is 13.6. The van der Waals surface area contributed by atoms with Crippen molar-refractivity contribution < 1.29 is 0 Å². The summed E-state index contributed by atoms with van der Waals surface area (Å²) in [6.07, 6.45) is 2.50. The molecule has 0 bridgehead atoms. The number of aryl methyl sites for hydroxylation is 2. The molecule has 4 nitrogen and oxygen atoms in total. The van der Waals surface area contributed by atoms with E-state index in [-0.39, 0.29) is 0 Å². The molecule has 0 amide bonds. The highest BCUT2D eigenvalue weighted by atomic mass is 15.3. The Morgan fingerprint density at radius 1 is 1.39 bits per heavy atom. The lowest BCUT2D eigenvalue weighted by atomic mass is 10.2. The molecule has 1 aliphatic heterocycles. The van der Waals surface area contributed by atoms with Gasteiger partial charge in [0.05, 0.1) is 5.69 Å². The lowest BCUT2D eigenvalue weighted by Gasteiger charge is -2.17. The van der Waals surface area contributed by atoms with Gasteiger partial charge in [-0.15, -0.1) is 0 Å². The van der Waals surface area contributed by atoms with Crippen LogP contribution >= 0.6 is 0 Å². The topological polar surface area (TPSA) is 33.1 Å². The maximum absolute atomic E-state index is 4.50. The van der Waals surface area contributed by atoms with Crippen molar-refractivity contribution in [1.82, 2.24) is 20.0 Å². The molecule has 2 heterocycles. The minimum Gasteiger partial charge on any atom is -0.313 e. The van der Waals surface area contributed by atoms with Gasteiger partial charge >= 0.3 is 0 Å². The molecule has 1 aliphatic rings. The molecular weight excluding hydrogens is 224 g/mol. The van der Waals surface area contributed by atoms with Gasteiger partial charge in [0.1, 0.15) is 0 Å². The molecular formula is C14H26N4. The van der Waals surface area contributed by atoms with Crippen LogP contribution in [0.5, 0.6) is 0 Å². The number of nitrogens with one attached hydrogen (secondary N) is 1. The zero-order chi connectivity index (χ0) is 13.1. The van der Waals surface area contributed by atoms with Crippen LogP contribution in [0.1, 0.15) is 36.7 Å². The molecule has 0 aromatic carbocycles. The molecule has 0 saturated carbocycles. The lowest BCUT2D eigenvalue weighted by Crippen LogP contribution is -2.32. The summed E-state index contributed by atoms with van der Waals surface area (Å²) >= 11 is 0. The first-order chi connectivity index (χ1) is 8.61. The molecule has 1 unspecified atom stereocenters. The number of hydrogen-bond donors (Lipinski definition) is 1. The molecule has 1 aromatic rings. The Labute approximate surface area is 110 Å². The van der Waals surface area contributed by atoms with E-state index >= 15 is 0 Å². The zero-order valence-corrected chi connectivity index (χ0v) is 12.2. The van der Waals surface area contributed by atoms with Gasteiger partial charge in [0, 0.05) is 44.0 Å². The van der Waals surface area contributed by atoms with Crippen molar-refractivity contribution in [3.63, 3.8) is 0 Å². The number of hydrogen-bond acceptors (Lipinski definition) is 3. The Balaban J connectivity index is 1.91. The fourth-order valence-corrected chi connectivity index (χ4v) is 2.76. The largest absolute Gasteiger partial charge is 0.313 e. The van der Waals surface area contributed by atoms with E-state index in [1.54, 1.807) is 0 Å². The second kappa shape index (κ2) is 5.85. The molecule has 1 aromatic heterocycles. The van der Waals surface area contributed by atoms with Gasteiger partial charge < -0.3 is 5.32 Å². The van der Waals surface area contributed by atoms with Crippen LogP contribution in [0.4, 0.5) is 0 Å². The third kappa shape index (κ3) is 2.93. The molecule has 4 heteroatoms. The van der Waals surface area contributed by atoms with E-state index in [1.165, 1.54) is 42.9 Å². The predicted octanol–water partition coefficient (Wildman–Crippen LogP) is 1.61. The highest BCUT2D eigenvalue weighted by Gasteiger charge is 2.23. The minimum absolute atomic E-state index is 0.683. The van der Waals surface area contributed by atoms with Crippen molar-refractivity contribution in [3.05, 3.63) is 17.0 Å². The fourth-order valence-electron chi connectivity index (χ4n) is 2.76. The monoisotopic (exact) mass is 250 g/mol. The van der Waals surface area contributed by atoms with Gasteiger partial charge in [-0.25, -0.2) is 0 Å². The summed E-state index contributed by atoms with van der Waals surface area (Å²) in [6.45, 7) is 11.1. The molecule has 1 fully saturated rings. The predicted molar refractivity (Wildman–Crippen MR) is 74.7 cm³/mol. The Hall–Kier alpha value is -0.870. The SMILES string of the molecule is CCCNC1CCN(Cc2c(C)nn(C)c2C)C1. The van der Waals surface area contributed by atoms with Gasteiger partial charge in [0.15, 0.2) is 0 Å². The maximum atomic E-state index is 4.50. The molecule has 102 valence electrons. The Morgan fingerprint density at radius 3 is 2.78 bits per heavy atom. The van der Waals surface area contributed by atoms with E-state index in [0.29, 0.717) is 6.04 Å². The van der Waals surface area contributed by atoms with E-state index in [4.69, 9.17) is 0 Å². The third-order valence-electron chi connectivity index (χ3n) is 4.00. The van der Waals surface area contributed by atoms with E-state index in [1.807, 2.05) is 11.7 Å². The van der Waals surface area contributed by atoms with Gasteiger partial charge in [0.25, 0.3) is 0 Å². The zero-order valence-electron chi connectivity index (χ0n) is 12.2. The van der Waals surface area contributed by atoms with Crippen molar-refractivity contribution in [2.75, 3.05) is 19.6 Å². The number of nitrogens with zero attached hydrogens (tertiary/aromatic N) is 3. The molecule has 0 radical (unpaired) electrons. The van der Waals surface area contributed by atoms with Crippen LogP contribution in [0.2, 0.25) is 0 Å². The first-order valence-corrected chi connectivity index (χ1v) is 7.06. The Bertz CT molecular complexity index is 397. The quantitative estimate of drug-likeness (QED) is 0.862. The van der Waals surface area contributed by atoms with E-state index in [9.17, 15) is 0 Å². The molecule has 1 atom stereocenters. The minimum atomic E-state index is 0.683. The summed E-state index contributed by atoms with van der Waals surface area (Å²) in [5.41, 5.74) is 3.89. The summed E-state index contributed by atoms with van der Waals surface area (Å²) in [5, 5.41) is 8.11. The standard InChI is InChI=1S/C14H26N4/c1-5-7-15-13-6-8-18(9-13)10-14-11(2)16-17(4)12(14)3/h13,15H,5-10H2,1-4H3. The van der Waals surface area contributed by atoms with Gasteiger partial charge in [-0.3, -0.25) is 9.58 Å². The highest BCUT2D eigenvalue weighted by Crippen LogP contribution is 2.18. The molecule has 1 N–H and O–H groups in total. The Kier molecular flexibility index (Phi) is 4.40. The van der Waals surface area contributed by atoms with Crippen LogP contribution < -0.4 is 5.32 Å². The summed E-state index contributed by atoms with van der Waals surface area (Å²) in [6, 6.07) is 0.683. The van der Waals surface area contributed by atoms with Crippen molar-refractivity contribution >= 4 is 0 Å². The van der Waals surface area contributed by atoms with Crippen molar-refractivity contribution in [2.45, 2.75) is 46.2 Å². The molecule has 0 spiro atoms. The Morgan fingerprint density at radius 2 is 2.17 bits per heavy atom. The van der Waals surface area contributed by atoms with Crippen LogP contribution in [0, 0.1) is 13.8 Å². The summed E-state index contributed by atoms with van der Waals surface area (Å²) in [5.74, 6) is 0. The van der Waals surface area contributed by atoms with E-state index < -0.39 is 0 Å². The average molecular weight is 250 g/mol. The molecule has 0 aliphatic carbocycles. The third-order valence-corrected chi connectivity index (χ3v) is 4.00. The molecule has 18 heavy (non-hydrogen) atoms. The second-order valence-electron chi connectivity index (χ2n) is 5.45. The summed E-state index contributed by atoms with van der Waals surface area (Å²) in [4.78, 5) is 2.55. The fraction of sp³-hybridized carbons (Fsp3) is 0.786. The van der Waals surface area contributed by atoms with Gasteiger partial charge in [-0.2, -0.15) is 5.10 Å². The van der Waals surface area contributed by atoms with E-state index in [2.05, 4.69) is 36.1 Å². The average Bonchev–Trinajstić information content (AvgIpc) is 2.88. The maximum Gasteiger partial charge on any atom is 0.0641 e. The van der Waals surface area contributed by atoms with Gasteiger partial charge in [0.2, 0.25) is 0 Å². The number of likely N-dealkylation sites (tertiary alicyclic amines) is 1. The molecule has 1 saturated heterocycles. The van der Waals surface area contributed by atoms with Crippen LogP contribution in [-0.2, 0) is 13.6 Å². The van der Waals surface area contributed by atoms with Crippen LogP contribution in [0.15, 0.2) is 0 Å². The van der Waals surface area contributed by atoms with Crippen molar-refractivity contribution in [2.24, 2.45) is 7.05 Å². The normalized spacial score (nSPS) is 20.8. The van der Waals surface area contributed by atoms with Crippen LogP contribution in [0.3, 0.4) is 0 Å². The first-order valence-electron chi connectivity index (χ1n) is 7.06. The van der Waals surface area contributed by atoms with Crippen LogP contribution in [0.25, 0.3) is 0 Å². The smallest absolute Gasteiger partial charge is 0.0641 e. The van der Waals surface area contributed by atoms with Crippen LogP contribution in [-0.4, -0.2) is 40.4 Å². The second-order valence-corrected chi connectivity index (χ2v) is 5.45. The van der Waals surface area contributed by atoms with Crippen molar-refractivity contribution in [3.8, 4) is 0 Å². The summed E-state index contributed by atoms with van der Waals surface area (Å²) in [7, 11) is 2.03. The molecule has 2 rings (SSSR count). The van der Waals surface area contributed by atoms with Gasteiger partial charge in [-0.05, 0) is 33.2 Å². The highest BCUT2D eigenvalue weighted by molar-refractivity contribution is 5.24. The summed E-state index contributed by atoms with van der Waals surface area (Å²) < 4.78 is 1.99. The van der Waals surface area contributed by atoms with Crippen molar-refractivity contribution in [1.29, 1.82) is 0 Å². The van der Waals surface area contributed by atoms with E-state index in [0.717, 1.165) is 13.1 Å². The number of aromatic nitrogens is 2. The lowest BCUT2D eigenvalue weighted by molar-refractivity contribution is 0.319.